The number of Topliss-reactive ketones (excluding diaryl/α,β-unsaturated/α-hetero) is 1. The average molecular weight is 548 g/mol. The summed E-state index contributed by atoms with van der Waals surface area (Å²) in [6, 6.07) is 16.1. The van der Waals surface area contributed by atoms with E-state index in [1.807, 2.05) is 30.3 Å². The Hall–Kier alpha value is -3.75. The van der Waals surface area contributed by atoms with Gasteiger partial charge >= 0.3 is 0 Å². The van der Waals surface area contributed by atoms with Crippen LogP contribution in [0.5, 0.6) is 0 Å². The van der Waals surface area contributed by atoms with Crippen molar-refractivity contribution < 1.29 is 14.3 Å². The monoisotopic (exact) mass is 547 g/mol. The fraction of sp³-hybridized carbons (Fsp3) is 0.333. The number of hydrogen-bond acceptors (Lipinski definition) is 6. The average Bonchev–Trinajstić information content (AvgIpc) is 3.50. The van der Waals surface area contributed by atoms with Crippen LogP contribution in [0, 0.1) is 5.41 Å². The molecule has 2 fully saturated rings. The van der Waals surface area contributed by atoms with E-state index < -0.39 is 0 Å². The molecule has 5 rings (SSSR count). The molecule has 2 saturated heterocycles. The quantitative estimate of drug-likeness (QED) is 0.236. The summed E-state index contributed by atoms with van der Waals surface area (Å²) in [5.74, 6) is 0.439. The number of aromatic nitrogens is 1. The molecular formula is C30H34ClN5O3. The first-order valence-electron chi connectivity index (χ1n) is 12.8. The minimum atomic E-state index is -0.341. The number of amides is 1. The molecule has 39 heavy (non-hydrogen) atoms. The van der Waals surface area contributed by atoms with Crippen molar-refractivity contribution in [2.75, 3.05) is 49.6 Å². The largest absolute Gasteiger partial charge is 0.378 e. The number of carbonyl (C=O) groups excluding carboxylic acids is 2. The van der Waals surface area contributed by atoms with Crippen molar-refractivity contribution in [2.24, 2.45) is 0 Å². The van der Waals surface area contributed by atoms with Crippen LogP contribution in [0.4, 0.5) is 11.5 Å². The highest BCUT2D eigenvalue weighted by Gasteiger charge is 2.20. The van der Waals surface area contributed by atoms with Crippen LogP contribution in [0.2, 0.25) is 5.02 Å². The molecule has 0 unspecified atom stereocenters. The third-order valence-corrected chi connectivity index (χ3v) is 7.16. The maximum absolute atomic E-state index is 13.4. The fourth-order valence-corrected chi connectivity index (χ4v) is 4.91. The van der Waals surface area contributed by atoms with Gasteiger partial charge in [0.25, 0.3) is 5.91 Å². The summed E-state index contributed by atoms with van der Waals surface area (Å²) >= 11 is 5.93. The van der Waals surface area contributed by atoms with E-state index in [9.17, 15) is 9.59 Å². The molecule has 0 spiro atoms. The molecule has 0 saturated carbocycles. The van der Waals surface area contributed by atoms with Gasteiger partial charge in [-0.3, -0.25) is 15.0 Å². The summed E-state index contributed by atoms with van der Waals surface area (Å²) in [7, 11) is 0. The van der Waals surface area contributed by atoms with Gasteiger partial charge < -0.3 is 19.9 Å². The number of nitrogens with zero attached hydrogens (tertiary/aromatic N) is 3. The molecule has 8 nitrogen and oxygen atoms in total. The highest BCUT2D eigenvalue weighted by molar-refractivity contribution is 6.30. The highest BCUT2D eigenvalue weighted by Crippen LogP contribution is 2.24. The lowest BCUT2D eigenvalue weighted by Crippen LogP contribution is -2.36. The van der Waals surface area contributed by atoms with Crippen LogP contribution in [0.15, 0.2) is 60.8 Å². The predicted octanol–water partition coefficient (Wildman–Crippen LogP) is 5.31. The molecule has 3 aromatic rings. The number of morpholine rings is 1. The number of nitrogens with one attached hydrogen (secondary N) is 2. The molecule has 0 bridgehead atoms. The Morgan fingerprint density at radius 3 is 2.31 bits per heavy atom. The Labute approximate surface area is 234 Å². The van der Waals surface area contributed by atoms with Crippen LogP contribution in [0.1, 0.15) is 52.1 Å². The topological polar surface area (TPSA) is 98.6 Å². The second-order valence-corrected chi connectivity index (χ2v) is 9.91. The van der Waals surface area contributed by atoms with Crippen LogP contribution in [0.25, 0.3) is 0 Å². The third kappa shape index (κ3) is 6.82. The van der Waals surface area contributed by atoms with E-state index >= 15 is 0 Å². The second-order valence-electron chi connectivity index (χ2n) is 9.48. The van der Waals surface area contributed by atoms with E-state index in [1.165, 1.54) is 6.20 Å². The zero-order valence-corrected chi connectivity index (χ0v) is 21.8. The molecule has 2 aliphatic heterocycles. The summed E-state index contributed by atoms with van der Waals surface area (Å²) in [5.41, 5.74) is 3.31. The number of amidine groups is 1. The number of anilines is 2. The summed E-state index contributed by atoms with van der Waals surface area (Å²) in [5, 5.41) is 11.7. The number of rotatable bonds is 7. The van der Waals surface area contributed by atoms with Crippen molar-refractivity contribution in [3.8, 4) is 0 Å². The molecule has 2 N–H and O–H groups in total. The molecule has 1 amide bonds. The highest BCUT2D eigenvalue weighted by atomic mass is 35.5. The smallest absolute Gasteiger partial charge is 0.257 e. The SMILES string of the molecule is C.N=C(c1ccc(C(=O)Cc2ccc(N3CCOCC3)cc2C(=O)Nc2ccc(Cl)cn2)cc1)N1CCCC1. The van der Waals surface area contributed by atoms with Crippen molar-refractivity contribution in [2.45, 2.75) is 26.7 Å². The summed E-state index contributed by atoms with van der Waals surface area (Å²) in [6.07, 6.45) is 3.75. The second kappa shape index (κ2) is 12.9. The Bertz CT molecular complexity index is 1320. The van der Waals surface area contributed by atoms with Gasteiger partial charge in [-0.2, -0.15) is 0 Å². The molecule has 0 aliphatic carbocycles. The van der Waals surface area contributed by atoms with Crippen molar-refractivity contribution in [3.63, 3.8) is 0 Å². The minimum absolute atomic E-state index is 0. The number of benzene rings is 2. The zero-order valence-electron chi connectivity index (χ0n) is 21.1. The van der Waals surface area contributed by atoms with Gasteiger partial charge in [0.2, 0.25) is 0 Å². The van der Waals surface area contributed by atoms with E-state index in [0.29, 0.717) is 46.6 Å². The van der Waals surface area contributed by atoms with Crippen molar-refractivity contribution >= 4 is 40.6 Å². The number of ether oxygens (including phenoxy) is 1. The van der Waals surface area contributed by atoms with Crippen molar-refractivity contribution in [3.05, 3.63) is 88.1 Å². The molecule has 0 radical (unpaired) electrons. The molecule has 1 aromatic heterocycles. The first kappa shape index (κ1) is 28.3. The number of hydrogen-bond donors (Lipinski definition) is 2. The van der Waals surface area contributed by atoms with Gasteiger partial charge in [-0.15, -0.1) is 0 Å². The van der Waals surface area contributed by atoms with Crippen LogP contribution >= 0.6 is 11.6 Å². The lowest BCUT2D eigenvalue weighted by Gasteiger charge is -2.29. The summed E-state index contributed by atoms with van der Waals surface area (Å²) in [6.45, 7) is 4.52. The molecule has 2 aromatic carbocycles. The number of ketones is 1. The summed E-state index contributed by atoms with van der Waals surface area (Å²) < 4.78 is 5.46. The standard InChI is InChI=1S/C29H30ClN5O3.CH4/c30-23-8-10-27(32-19-23)33-29(37)25-18-24(34-13-15-38-16-14-34)9-7-22(25)17-26(36)20-3-5-21(6-4-20)28(31)35-11-1-2-12-35;/h3-10,18-19,31H,1-2,11-17H2,(H,32,33,37);1H4. The van der Waals surface area contributed by atoms with E-state index in [2.05, 4.69) is 20.1 Å². The van der Waals surface area contributed by atoms with Crippen LogP contribution in [-0.4, -0.2) is 66.8 Å². The Kier molecular flexibility index (Phi) is 9.32. The number of likely N-dealkylation sites (tertiary alicyclic amines) is 1. The van der Waals surface area contributed by atoms with Gasteiger partial charge in [0.05, 0.1) is 18.2 Å². The lowest BCUT2D eigenvalue weighted by molar-refractivity contribution is 0.0992. The van der Waals surface area contributed by atoms with E-state index in [0.717, 1.165) is 50.3 Å². The van der Waals surface area contributed by atoms with Crippen molar-refractivity contribution in [1.29, 1.82) is 5.41 Å². The van der Waals surface area contributed by atoms with E-state index in [4.69, 9.17) is 21.7 Å². The van der Waals surface area contributed by atoms with Gasteiger partial charge in [0.1, 0.15) is 11.7 Å². The predicted molar refractivity (Wildman–Crippen MR) is 156 cm³/mol. The molecule has 3 heterocycles. The zero-order chi connectivity index (χ0) is 26.5. The van der Waals surface area contributed by atoms with Gasteiger partial charge in [-0.1, -0.05) is 49.4 Å². The molecular weight excluding hydrogens is 514 g/mol. The lowest BCUT2D eigenvalue weighted by atomic mass is 9.96. The third-order valence-electron chi connectivity index (χ3n) is 6.94. The van der Waals surface area contributed by atoms with Crippen molar-refractivity contribution in [1.82, 2.24) is 9.88 Å². The van der Waals surface area contributed by atoms with Crippen LogP contribution in [-0.2, 0) is 11.2 Å². The maximum atomic E-state index is 13.4. The molecule has 204 valence electrons. The maximum Gasteiger partial charge on any atom is 0.257 e. The molecule has 2 aliphatic rings. The molecule has 9 heteroatoms. The first-order chi connectivity index (χ1) is 18.5. The van der Waals surface area contributed by atoms with E-state index in [1.54, 1.807) is 24.3 Å². The van der Waals surface area contributed by atoms with Gasteiger partial charge in [0, 0.05) is 61.2 Å². The Balaban J connectivity index is 0.00000353. The Morgan fingerprint density at radius 2 is 1.64 bits per heavy atom. The molecule has 0 atom stereocenters. The van der Waals surface area contributed by atoms with Gasteiger partial charge in [-0.25, -0.2) is 4.98 Å². The number of pyridine rings is 1. The number of carbonyl (C=O) groups is 2. The minimum Gasteiger partial charge on any atom is -0.378 e. The van der Waals surface area contributed by atoms with Crippen LogP contribution < -0.4 is 10.2 Å². The first-order valence-corrected chi connectivity index (χ1v) is 13.2. The Morgan fingerprint density at radius 1 is 0.949 bits per heavy atom. The van der Waals surface area contributed by atoms with Gasteiger partial charge in [0.15, 0.2) is 5.78 Å². The van der Waals surface area contributed by atoms with Gasteiger partial charge in [-0.05, 0) is 42.7 Å². The number of halogens is 1. The normalized spacial score (nSPS) is 15.0. The van der Waals surface area contributed by atoms with Crippen LogP contribution in [0.3, 0.4) is 0 Å². The fourth-order valence-electron chi connectivity index (χ4n) is 4.79. The summed E-state index contributed by atoms with van der Waals surface area (Å²) in [4.78, 5) is 35.0. The van der Waals surface area contributed by atoms with E-state index in [-0.39, 0.29) is 25.5 Å².